The number of hydrogen-bond acceptors (Lipinski definition) is 4. The molecule has 0 atom stereocenters. The molecule has 5 rings (SSSR count). The Hall–Kier alpha value is -4.42. The number of carbonyl (C=O) groups excluding carboxylic acids is 3. The zero-order valence-electron chi connectivity index (χ0n) is 20.2. The van der Waals surface area contributed by atoms with Gasteiger partial charge in [-0.2, -0.15) is 0 Å². The number of nitrogens with one attached hydrogen (secondary N) is 1. The van der Waals surface area contributed by atoms with Gasteiger partial charge in [-0.1, -0.05) is 66.2 Å². The van der Waals surface area contributed by atoms with Crippen molar-refractivity contribution < 1.29 is 19.1 Å². The molecule has 1 aliphatic heterocycles. The minimum atomic E-state index is -0.780. The number of halogens is 1. The first-order valence-electron chi connectivity index (χ1n) is 11.7. The van der Waals surface area contributed by atoms with Crippen LogP contribution >= 0.6 is 11.6 Å². The van der Waals surface area contributed by atoms with Crippen LogP contribution < -0.4 is 15.0 Å². The van der Waals surface area contributed by atoms with E-state index in [1.165, 1.54) is 6.08 Å². The number of nitrogens with zero attached hydrogens (tertiary/aromatic N) is 1. The van der Waals surface area contributed by atoms with Crippen LogP contribution in [0.3, 0.4) is 0 Å². The van der Waals surface area contributed by atoms with Gasteiger partial charge in [0.05, 0.1) is 5.69 Å². The van der Waals surface area contributed by atoms with Gasteiger partial charge < -0.3 is 4.74 Å². The summed E-state index contributed by atoms with van der Waals surface area (Å²) in [4.78, 5) is 40.3. The molecule has 1 heterocycles. The van der Waals surface area contributed by atoms with E-state index in [0.717, 1.165) is 32.4 Å². The van der Waals surface area contributed by atoms with Crippen LogP contribution in [-0.2, 0) is 16.2 Å². The summed E-state index contributed by atoms with van der Waals surface area (Å²) in [7, 11) is 0. The van der Waals surface area contributed by atoms with Crippen LogP contribution in [0.2, 0.25) is 5.02 Å². The van der Waals surface area contributed by atoms with Gasteiger partial charge in [0.15, 0.2) is 0 Å². The molecule has 4 aromatic carbocycles. The number of ether oxygens (including phenoxy) is 1. The van der Waals surface area contributed by atoms with Crippen molar-refractivity contribution in [3.8, 4) is 5.75 Å². The lowest BCUT2D eigenvalue weighted by atomic mass is 9.99. The van der Waals surface area contributed by atoms with Gasteiger partial charge in [0, 0.05) is 10.6 Å². The lowest BCUT2D eigenvalue weighted by Crippen LogP contribution is -2.54. The fourth-order valence-electron chi connectivity index (χ4n) is 4.29. The first-order chi connectivity index (χ1) is 17.8. The van der Waals surface area contributed by atoms with Gasteiger partial charge >= 0.3 is 6.03 Å². The molecule has 0 spiro atoms. The number of hydrogen-bond donors (Lipinski definition) is 1. The molecule has 1 saturated heterocycles. The number of carbonyl (C=O) groups is 3. The summed E-state index contributed by atoms with van der Waals surface area (Å²) in [6.45, 7) is 3.99. The number of anilines is 1. The maximum absolute atomic E-state index is 13.6. The lowest BCUT2D eigenvalue weighted by molar-refractivity contribution is -0.122. The summed E-state index contributed by atoms with van der Waals surface area (Å²) in [6.07, 6.45) is 1.50. The van der Waals surface area contributed by atoms with E-state index in [2.05, 4.69) is 5.32 Å². The highest BCUT2D eigenvalue weighted by Gasteiger charge is 2.37. The van der Waals surface area contributed by atoms with Crippen LogP contribution in [-0.4, -0.2) is 17.8 Å². The number of aryl methyl sites for hydroxylation is 1. The molecule has 4 amide bonds. The van der Waals surface area contributed by atoms with E-state index >= 15 is 0 Å². The minimum absolute atomic E-state index is 0.159. The Morgan fingerprint density at radius 2 is 1.65 bits per heavy atom. The first kappa shape index (κ1) is 24.3. The molecule has 0 saturated carbocycles. The van der Waals surface area contributed by atoms with E-state index in [9.17, 15) is 14.4 Å². The normalized spacial score (nSPS) is 14.8. The van der Waals surface area contributed by atoms with Gasteiger partial charge in [-0.25, -0.2) is 9.69 Å². The largest absolute Gasteiger partial charge is 0.488 e. The van der Waals surface area contributed by atoms with Crippen molar-refractivity contribution >= 4 is 52.0 Å². The summed E-state index contributed by atoms with van der Waals surface area (Å²) in [5.74, 6) is -0.955. The fourth-order valence-corrected chi connectivity index (χ4v) is 4.42. The molecule has 0 aliphatic carbocycles. The van der Waals surface area contributed by atoms with E-state index in [1.54, 1.807) is 24.3 Å². The van der Waals surface area contributed by atoms with Gasteiger partial charge in [0.2, 0.25) is 0 Å². The predicted molar refractivity (Wildman–Crippen MR) is 145 cm³/mol. The summed E-state index contributed by atoms with van der Waals surface area (Å²) >= 11 is 5.99. The third-order valence-corrected chi connectivity index (χ3v) is 6.70. The molecule has 0 unspecified atom stereocenters. The Bertz CT molecular complexity index is 1590. The molecule has 0 radical (unpaired) electrons. The van der Waals surface area contributed by atoms with E-state index in [0.29, 0.717) is 22.0 Å². The smallest absolute Gasteiger partial charge is 0.335 e. The Balaban J connectivity index is 1.59. The minimum Gasteiger partial charge on any atom is -0.488 e. The van der Waals surface area contributed by atoms with Crippen molar-refractivity contribution in [2.75, 3.05) is 4.90 Å². The lowest BCUT2D eigenvalue weighted by Gasteiger charge is -2.28. The average molecular weight is 511 g/mol. The standard InChI is InChI=1S/C30H23ClN2O4/c1-18-6-5-9-26(19(18)2)33-29(35)25(28(34)32-30(33)36)16-24-23-8-4-3-7-21(23)12-15-27(24)37-17-20-10-13-22(31)14-11-20/h3-16H,17H2,1-2H3,(H,32,34,36)/b25-16+. The van der Waals surface area contributed by atoms with Crippen LogP contribution in [0.15, 0.2) is 84.4 Å². The second-order valence-electron chi connectivity index (χ2n) is 8.79. The summed E-state index contributed by atoms with van der Waals surface area (Å²) in [6, 6.07) is 23.2. The van der Waals surface area contributed by atoms with Crippen molar-refractivity contribution in [3.05, 3.63) is 112 Å². The third kappa shape index (κ3) is 4.71. The van der Waals surface area contributed by atoms with Gasteiger partial charge in [0.1, 0.15) is 17.9 Å². The number of imide groups is 2. The average Bonchev–Trinajstić information content (AvgIpc) is 2.89. The van der Waals surface area contributed by atoms with Gasteiger partial charge in [-0.3, -0.25) is 14.9 Å². The number of benzene rings is 4. The van der Waals surface area contributed by atoms with Crippen LogP contribution in [0.4, 0.5) is 10.5 Å². The van der Waals surface area contributed by atoms with E-state index in [4.69, 9.17) is 16.3 Å². The van der Waals surface area contributed by atoms with E-state index < -0.39 is 17.8 Å². The van der Waals surface area contributed by atoms with Crippen molar-refractivity contribution in [1.29, 1.82) is 0 Å². The van der Waals surface area contributed by atoms with Gasteiger partial charge in [-0.05, 0) is 71.7 Å². The van der Waals surface area contributed by atoms with Crippen LogP contribution in [0.1, 0.15) is 22.3 Å². The number of urea groups is 1. The highest BCUT2D eigenvalue weighted by atomic mass is 35.5. The SMILES string of the molecule is Cc1cccc(N2C(=O)NC(=O)/C(=C\c3c(OCc4ccc(Cl)cc4)ccc4ccccc34)C2=O)c1C. The highest BCUT2D eigenvalue weighted by Crippen LogP contribution is 2.33. The Kier molecular flexibility index (Phi) is 6.51. The maximum Gasteiger partial charge on any atom is 0.335 e. The van der Waals surface area contributed by atoms with Gasteiger partial charge in [-0.15, -0.1) is 0 Å². The Labute approximate surface area is 219 Å². The third-order valence-electron chi connectivity index (χ3n) is 6.45. The van der Waals surface area contributed by atoms with Crippen molar-refractivity contribution in [1.82, 2.24) is 5.32 Å². The zero-order valence-corrected chi connectivity index (χ0v) is 21.0. The van der Waals surface area contributed by atoms with E-state index in [-0.39, 0.29) is 12.2 Å². The van der Waals surface area contributed by atoms with Crippen molar-refractivity contribution in [3.63, 3.8) is 0 Å². The molecular formula is C30H23ClN2O4. The number of fused-ring (bicyclic) bond motifs is 1. The summed E-state index contributed by atoms with van der Waals surface area (Å²) in [5.41, 5.74) is 3.45. The molecule has 0 bridgehead atoms. The number of barbiturate groups is 1. The second-order valence-corrected chi connectivity index (χ2v) is 9.23. The molecule has 1 N–H and O–H groups in total. The monoisotopic (exact) mass is 510 g/mol. The zero-order chi connectivity index (χ0) is 26.1. The van der Waals surface area contributed by atoms with Crippen LogP contribution in [0.5, 0.6) is 5.75 Å². The first-order valence-corrected chi connectivity index (χ1v) is 12.1. The molecule has 37 heavy (non-hydrogen) atoms. The molecule has 1 fully saturated rings. The fraction of sp³-hybridized carbons (Fsp3) is 0.100. The van der Waals surface area contributed by atoms with Crippen LogP contribution in [0.25, 0.3) is 16.8 Å². The van der Waals surface area contributed by atoms with Crippen LogP contribution in [0, 0.1) is 13.8 Å². The molecule has 184 valence electrons. The molecule has 7 heteroatoms. The topological polar surface area (TPSA) is 75.7 Å². The second kappa shape index (κ2) is 9.91. The molecule has 6 nitrogen and oxygen atoms in total. The maximum atomic E-state index is 13.6. The number of amides is 4. The summed E-state index contributed by atoms with van der Waals surface area (Å²) < 4.78 is 6.14. The molecule has 1 aliphatic rings. The Morgan fingerprint density at radius 1 is 0.892 bits per heavy atom. The van der Waals surface area contributed by atoms with E-state index in [1.807, 2.05) is 68.4 Å². The molecular weight excluding hydrogens is 488 g/mol. The van der Waals surface area contributed by atoms with Crippen molar-refractivity contribution in [2.24, 2.45) is 0 Å². The Morgan fingerprint density at radius 3 is 2.43 bits per heavy atom. The predicted octanol–water partition coefficient (Wildman–Crippen LogP) is 6.36. The quantitative estimate of drug-likeness (QED) is 0.250. The van der Waals surface area contributed by atoms with Gasteiger partial charge in [0.25, 0.3) is 11.8 Å². The molecule has 4 aromatic rings. The molecule has 0 aromatic heterocycles. The highest BCUT2D eigenvalue weighted by molar-refractivity contribution is 6.39. The van der Waals surface area contributed by atoms with Crippen molar-refractivity contribution in [2.45, 2.75) is 20.5 Å². The number of rotatable bonds is 5. The summed E-state index contributed by atoms with van der Waals surface area (Å²) in [5, 5.41) is 4.66.